The Bertz CT molecular complexity index is 476. The number of aromatic nitrogens is 1. The van der Waals surface area contributed by atoms with Crippen molar-refractivity contribution in [3.8, 4) is 0 Å². The lowest BCUT2D eigenvalue weighted by Crippen LogP contribution is -2.09. The zero-order valence-electron chi connectivity index (χ0n) is 8.68. The van der Waals surface area contributed by atoms with Gasteiger partial charge < -0.3 is 15.2 Å². The molecule has 6 nitrogen and oxygen atoms in total. The van der Waals surface area contributed by atoms with Gasteiger partial charge in [-0.05, 0) is 22.4 Å². The highest BCUT2D eigenvalue weighted by molar-refractivity contribution is 5.72. The fourth-order valence-electron chi connectivity index (χ4n) is 1.41. The lowest BCUT2D eigenvalue weighted by molar-refractivity contribution is -0.390. The van der Waals surface area contributed by atoms with E-state index in [1.54, 1.807) is 0 Å². The summed E-state index contributed by atoms with van der Waals surface area (Å²) >= 11 is 0. The van der Waals surface area contributed by atoms with Crippen LogP contribution in [0.15, 0.2) is 6.20 Å². The summed E-state index contributed by atoms with van der Waals surface area (Å²) in [5.41, 5.74) is -0.986. The van der Waals surface area contributed by atoms with Crippen LogP contribution in [0.2, 0.25) is 0 Å². The topological polar surface area (TPSA) is 93.3 Å². The number of nitro groups is 1. The molecule has 1 aromatic heterocycles. The van der Waals surface area contributed by atoms with Gasteiger partial charge in [-0.15, -0.1) is 0 Å². The molecule has 0 saturated heterocycles. The quantitative estimate of drug-likeness (QED) is 0.646. The number of pyridine rings is 1. The van der Waals surface area contributed by atoms with Crippen LogP contribution in [-0.2, 0) is 11.2 Å². The molecule has 1 rings (SSSR count). The first kappa shape index (κ1) is 12.9. The summed E-state index contributed by atoms with van der Waals surface area (Å²) in [7, 11) is 0. The molecule has 0 spiro atoms. The highest BCUT2D eigenvalue weighted by Gasteiger charge is 2.25. The van der Waals surface area contributed by atoms with Crippen molar-refractivity contribution in [2.75, 3.05) is 0 Å². The molecular weight excluding hydrogens is 238 g/mol. The van der Waals surface area contributed by atoms with Gasteiger partial charge in [-0.2, -0.15) is 0 Å². The van der Waals surface area contributed by atoms with Crippen LogP contribution < -0.4 is 0 Å². The molecule has 0 radical (unpaired) electrons. The van der Waals surface area contributed by atoms with Crippen molar-refractivity contribution in [1.82, 2.24) is 4.98 Å². The highest BCUT2D eigenvalue weighted by Crippen LogP contribution is 2.29. The smallest absolute Gasteiger partial charge is 0.366 e. The average Bonchev–Trinajstić information content (AvgIpc) is 2.19. The van der Waals surface area contributed by atoms with Gasteiger partial charge in [0.1, 0.15) is 6.20 Å². The van der Waals surface area contributed by atoms with Gasteiger partial charge in [-0.3, -0.25) is 4.79 Å². The molecule has 1 heterocycles. The van der Waals surface area contributed by atoms with E-state index in [0.29, 0.717) is 6.20 Å². The van der Waals surface area contributed by atoms with E-state index < -0.39 is 35.1 Å². The van der Waals surface area contributed by atoms with E-state index >= 15 is 0 Å². The molecule has 92 valence electrons. The van der Waals surface area contributed by atoms with E-state index in [0.717, 1.165) is 0 Å². The fraction of sp³-hybridized carbons (Fsp3) is 0.333. The minimum Gasteiger partial charge on any atom is -0.481 e. The number of rotatable bonds is 4. The van der Waals surface area contributed by atoms with Crippen molar-refractivity contribution in [3.63, 3.8) is 0 Å². The number of aliphatic carboxylic acids is 1. The Balaban J connectivity index is 3.41. The largest absolute Gasteiger partial charge is 0.481 e. The molecule has 0 atom stereocenters. The van der Waals surface area contributed by atoms with Crippen LogP contribution in [-0.4, -0.2) is 21.0 Å². The number of alkyl halides is 2. The molecule has 1 N–H and O–H groups in total. The van der Waals surface area contributed by atoms with Gasteiger partial charge in [-0.1, -0.05) is 0 Å². The van der Waals surface area contributed by atoms with Crippen LogP contribution in [0, 0.1) is 17.0 Å². The lowest BCUT2D eigenvalue weighted by atomic mass is 10.0. The summed E-state index contributed by atoms with van der Waals surface area (Å²) in [5.74, 6) is -1.94. The maximum atomic E-state index is 12.6. The van der Waals surface area contributed by atoms with E-state index in [4.69, 9.17) is 5.11 Å². The van der Waals surface area contributed by atoms with Crippen LogP contribution in [0.3, 0.4) is 0 Å². The van der Waals surface area contributed by atoms with E-state index in [1.807, 2.05) is 0 Å². The summed E-state index contributed by atoms with van der Waals surface area (Å²) in [6.45, 7) is 1.20. The van der Waals surface area contributed by atoms with Gasteiger partial charge >= 0.3 is 11.8 Å². The molecule has 0 aliphatic rings. The van der Waals surface area contributed by atoms with Crippen molar-refractivity contribution < 1.29 is 23.6 Å². The predicted molar refractivity (Wildman–Crippen MR) is 51.9 cm³/mol. The Labute approximate surface area is 94.1 Å². The summed E-state index contributed by atoms with van der Waals surface area (Å²) in [4.78, 5) is 23.5. The van der Waals surface area contributed by atoms with Crippen molar-refractivity contribution in [2.24, 2.45) is 0 Å². The lowest BCUT2D eigenvalue weighted by Gasteiger charge is -2.08. The molecule has 0 aliphatic heterocycles. The summed E-state index contributed by atoms with van der Waals surface area (Å²) in [6.07, 6.45) is -2.97. The number of hydrogen-bond donors (Lipinski definition) is 1. The van der Waals surface area contributed by atoms with Crippen molar-refractivity contribution in [1.29, 1.82) is 0 Å². The summed E-state index contributed by atoms with van der Waals surface area (Å²) < 4.78 is 25.2. The van der Waals surface area contributed by atoms with Crippen LogP contribution in [0.4, 0.5) is 14.6 Å². The monoisotopic (exact) mass is 246 g/mol. The average molecular weight is 246 g/mol. The number of halogens is 2. The zero-order chi connectivity index (χ0) is 13.2. The molecule has 8 heteroatoms. The number of nitrogens with zero attached hydrogens (tertiary/aromatic N) is 2. The van der Waals surface area contributed by atoms with Gasteiger partial charge in [-0.25, -0.2) is 8.78 Å². The van der Waals surface area contributed by atoms with Gasteiger partial charge in [0, 0.05) is 0 Å². The molecule has 0 saturated carbocycles. The third-order valence-electron chi connectivity index (χ3n) is 2.20. The van der Waals surface area contributed by atoms with Crippen LogP contribution >= 0.6 is 0 Å². The molecule has 0 unspecified atom stereocenters. The molecule has 0 aromatic carbocycles. The maximum Gasteiger partial charge on any atom is 0.366 e. The fourth-order valence-corrected chi connectivity index (χ4v) is 1.41. The molecular formula is C9H8F2N2O4. The number of carbonyl (C=O) groups is 1. The molecule has 0 fully saturated rings. The standard InChI is InChI=1S/C9H8F2N2O4/c1-4-5(2-7(14)15)6(8(10)11)3-12-9(4)13(16)17/h3,8H,2H2,1H3,(H,14,15). The van der Waals surface area contributed by atoms with E-state index in [1.165, 1.54) is 6.92 Å². The minimum atomic E-state index is -2.92. The first-order chi connectivity index (χ1) is 7.84. The second-order valence-electron chi connectivity index (χ2n) is 3.27. The first-order valence-corrected chi connectivity index (χ1v) is 4.47. The number of carboxylic acid groups (broad SMARTS) is 1. The summed E-state index contributed by atoms with van der Waals surface area (Å²) in [6, 6.07) is 0. The Morgan fingerprint density at radius 2 is 2.24 bits per heavy atom. The van der Waals surface area contributed by atoms with Gasteiger partial charge in [0.25, 0.3) is 6.43 Å². The third kappa shape index (κ3) is 2.71. The van der Waals surface area contributed by atoms with Crippen LogP contribution in [0.1, 0.15) is 23.1 Å². The van der Waals surface area contributed by atoms with Crippen LogP contribution in [0.5, 0.6) is 0 Å². The summed E-state index contributed by atoms with van der Waals surface area (Å²) in [5, 5.41) is 19.1. The molecule has 0 bridgehead atoms. The number of carboxylic acids is 1. The van der Waals surface area contributed by atoms with E-state index in [-0.39, 0.29) is 11.1 Å². The molecule has 17 heavy (non-hydrogen) atoms. The third-order valence-corrected chi connectivity index (χ3v) is 2.20. The second kappa shape index (κ2) is 4.81. The van der Waals surface area contributed by atoms with Gasteiger partial charge in [0.2, 0.25) is 0 Å². The minimum absolute atomic E-state index is 0.143. The van der Waals surface area contributed by atoms with Gasteiger partial charge in [0.15, 0.2) is 0 Å². The van der Waals surface area contributed by atoms with E-state index in [2.05, 4.69) is 4.98 Å². The highest BCUT2D eigenvalue weighted by atomic mass is 19.3. The Morgan fingerprint density at radius 3 is 2.65 bits per heavy atom. The van der Waals surface area contributed by atoms with Gasteiger partial charge in [0.05, 0.1) is 17.5 Å². The normalized spacial score (nSPS) is 10.6. The van der Waals surface area contributed by atoms with Crippen molar-refractivity contribution >= 4 is 11.8 Å². The predicted octanol–water partition coefficient (Wildman–Crippen LogP) is 1.86. The van der Waals surface area contributed by atoms with Crippen molar-refractivity contribution in [2.45, 2.75) is 19.8 Å². The SMILES string of the molecule is Cc1c([N+](=O)[O-])ncc(C(F)F)c1CC(=O)O. The maximum absolute atomic E-state index is 12.6. The second-order valence-corrected chi connectivity index (χ2v) is 3.27. The molecule has 0 aliphatic carbocycles. The van der Waals surface area contributed by atoms with Crippen molar-refractivity contribution in [3.05, 3.63) is 33.0 Å². The van der Waals surface area contributed by atoms with Crippen LogP contribution in [0.25, 0.3) is 0 Å². The molecule has 1 aromatic rings. The Morgan fingerprint density at radius 1 is 1.65 bits per heavy atom. The number of hydrogen-bond acceptors (Lipinski definition) is 4. The Kier molecular flexibility index (Phi) is 3.66. The Hall–Kier alpha value is -2.12. The van der Waals surface area contributed by atoms with E-state index in [9.17, 15) is 23.7 Å². The zero-order valence-corrected chi connectivity index (χ0v) is 8.68. The first-order valence-electron chi connectivity index (χ1n) is 4.47. The molecule has 0 amide bonds.